The van der Waals surface area contributed by atoms with Crippen molar-refractivity contribution in [3.8, 4) is 0 Å². The van der Waals surface area contributed by atoms with E-state index in [9.17, 15) is 4.79 Å². The van der Waals surface area contributed by atoms with Crippen molar-refractivity contribution in [1.82, 2.24) is 15.2 Å². The number of nitrogen functional groups attached to an aromatic ring is 1. The van der Waals surface area contributed by atoms with Gasteiger partial charge in [0.15, 0.2) is 0 Å². The van der Waals surface area contributed by atoms with Crippen LogP contribution in [0.4, 0.5) is 0 Å². The molecule has 0 atom stereocenters. The van der Waals surface area contributed by atoms with E-state index in [1.165, 1.54) is 0 Å². The number of hydrazine groups is 1. The summed E-state index contributed by atoms with van der Waals surface area (Å²) in [5.74, 6) is 4.77. The van der Waals surface area contributed by atoms with E-state index < -0.39 is 0 Å². The number of aromatic nitrogens is 2. The average Bonchev–Trinajstić information content (AvgIpc) is 2.72. The Morgan fingerprint density at radius 2 is 2.32 bits per heavy atom. The summed E-state index contributed by atoms with van der Waals surface area (Å²) in [6, 6.07) is 5.28. The summed E-state index contributed by atoms with van der Waals surface area (Å²) < 4.78 is 2.62. The molecule has 0 saturated carbocycles. The average molecular weight is 344 g/mol. The zero-order valence-electron chi connectivity index (χ0n) is 10.2. The van der Waals surface area contributed by atoms with Gasteiger partial charge in [0.1, 0.15) is 0 Å². The first-order chi connectivity index (χ1) is 9.02. The second-order valence-corrected chi connectivity index (χ2v) is 5.28. The van der Waals surface area contributed by atoms with Gasteiger partial charge in [0.2, 0.25) is 0 Å². The Kier molecular flexibility index (Phi) is 4.24. The maximum absolute atomic E-state index is 11.4. The van der Waals surface area contributed by atoms with Crippen molar-refractivity contribution in [2.24, 2.45) is 5.84 Å². The van der Waals surface area contributed by atoms with E-state index in [0.717, 1.165) is 15.7 Å². The number of rotatable bonds is 3. The number of benzene rings is 1. The smallest absolute Gasteiger partial charge is 0.265 e. The van der Waals surface area contributed by atoms with Crippen molar-refractivity contribution in [3.05, 3.63) is 50.7 Å². The largest absolute Gasteiger partial charge is 0.290 e. The standard InChI is InChI=1S/C12H12BrClN4O/c1-7-11(14)5-16-18(7)6-9-3-2-8(4-10(9)13)12(19)17-15/h2-5H,6,15H2,1H3,(H,17,19). The molecule has 7 heteroatoms. The van der Waals surface area contributed by atoms with Gasteiger partial charge in [-0.1, -0.05) is 33.6 Å². The first-order valence-corrected chi connectivity index (χ1v) is 6.67. The number of halogens is 2. The van der Waals surface area contributed by atoms with Crippen molar-refractivity contribution in [1.29, 1.82) is 0 Å². The van der Waals surface area contributed by atoms with Gasteiger partial charge in [0.25, 0.3) is 5.91 Å². The van der Waals surface area contributed by atoms with E-state index in [0.29, 0.717) is 17.1 Å². The third-order valence-electron chi connectivity index (χ3n) is 2.81. The fourth-order valence-electron chi connectivity index (χ4n) is 1.64. The van der Waals surface area contributed by atoms with Crippen LogP contribution >= 0.6 is 27.5 Å². The van der Waals surface area contributed by atoms with E-state index in [1.54, 1.807) is 23.0 Å². The molecule has 100 valence electrons. The molecule has 0 saturated heterocycles. The highest BCUT2D eigenvalue weighted by Crippen LogP contribution is 2.21. The number of nitrogens with one attached hydrogen (secondary N) is 1. The highest BCUT2D eigenvalue weighted by atomic mass is 79.9. The molecule has 5 nitrogen and oxygen atoms in total. The molecule has 0 unspecified atom stereocenters. The SMILES string of the molecule is Cc1c(Cl)cnn1Cc1ccc(C(=O)NN)cc1Br. The van der Waals surface area contributed by atoms with Gasteiger partial charge >= 0.3 is 0 Å². The van der Waals surface area contributed by atoms with Crippen LogP contribution < -0.4 is 11.3 Å². The van der Waals surface area contributed by atoms with Crippen molar-refractivity contribution in [2.45, 2.75) is 13.5 Å². The summed E-state index contributed by atoms with van der Waals surface area (Å²) in [7, 11) is 0. The van der Waals surface area contributed by atoms with Crippen LogP contribution in [0.3, 0.4) is 0 Å². The van der Waals surface area contributed by atoms with E-state index in [2.05, 4.69) is 26.5 Å². The van der Waals surface area contributed by atoms with Gasteiger partial charge in [0.05, 0.1) is 23.5 Å². The Balaban J connectivity index is 2.27. The lowest BCUT2D eigenvalue weighted by molar-refractivity contribution is 0.0953. The molecule has 1 aromatic carbocycles. The lowest BCUT2D eigenvalue weighted by Gasteiger charge is -2.08. The van der Waals surface area contributed by atoms with Crippen molar-refractivity contribution < 1.29 is 4.79 Å². The quantitative estimate of drug-likeness (QED) is 0.510. The summed E-state index contributed by atoms with van der Waals surface area (Å²) in [6.45, 7) is 2.48. The molecule has 2 rings (SSSR count). The van der Waals surface area contributed by atoms with Crippen LogP contribution in [0, 0.1) is 6.92 Å². The molecule has 0 aliphatic heterocycles. The monoisotopic (exact) mass is 342 g/mol. The second kappa shape index (κ2) is 5.73. The Labute approximate surface area is 123 Å². The molecule has 0 radical (unpaired) electrons. The highest BCUT2D eigenvalue weighted by molar-refractivity contribution is 9.10. The number of hydrogen-bond acceptors (Lipinski definition) is 3. The van der Waals surface area contributed by atoms with Gasteiger partial charge < -0.3 is 0 Å². The normalized spacial score (nSPS) is 10.5. The zero-order valence-corrected chi connectivity index (χ0v) is 12.5. The summed E-state index contributed by atoms with van der Waals surface area (Å²) in [6.07, 6.45) is 1.61. The Morgan fingerprint density at radius 1 is 1.58 bits per heavy atom. The van der Waals surface area contributed by atoms with E-state index >= 15 is 0 Å². The third-order valence-corrected chi connectivity index (χ3v) is 3.92. The van der Waals surface area contributed by atoms with Gasteiger partial charge in [0, 0.05) is 10.0 Å². The fourth-order valence-corrected chi connectivity index (χ4v) is 2.29. The predicted molar refractivity (Wildman–Crippen MR) is 76.9 cm³/mol. The molecule has 0 bridgehead atoms. The first-order valence-electron chi connectivity index (χ1n) is 5.50. The molecule has 0 aliphatic rings. The minimum Gasteiger partial charge on any atom is -0.290 e. The molecule has 0 aliphatic carbocycles. The van der Waals surface area contributed by atoms with Crippen LogP contribution in [0.5, 0.6) is 0 Å². The van der Waals surface area contributed by atoms with Crippen LogP contribution in [0.2, 0.25) is 5.02 Å². The summed E-state index contributed by atoms with van der Waals surface area (Å²) in [5, 5.41) is 4.82. The van der Waals surface area contributed by atoms with Crippen LogP contribution in [0.25, 0.3) is 0 Å². The minimum absolute atomic E-state index is 0.328. The third kappa shape index (κ3) is 2.97. The number of hydrogen-bond donors (Lipinski definition) is 2. The van der Waals surface area contributed by atoms with E-state index in [-0.39, 0.29) is 5.91 Å². The van der Waals surface area contributed by atoms with Crippen molar-refractivity contribution in [3.63, 3.8) is 0 Å². The van der Waals surface area contributed by atoms with Gasteiger partial charge in [-0.3, -0.25) is 14.9 Å². The zero-order chi connectivity index (χ0) is 14.0. The number of carbonyl (C=O) groups excluding carboxylic acids is 1. The highest BCUT2D eigenvalue weighted by Gasteiger charge is 2.10. The van der Waals surface area contributed by atoms with Crippen molar-refractivity contribution in [2.75, 3.05) is 0 Å². The van der Waals surface area contributed by atoms with Crippen LogP contribution in [-0.2, 0) is 6.54 Å². The summed E-state index contributed by atoms with van der Waals surface area (Å²) >= 11 is 9.40. The molecule has 19 heavy (non-hydrogen) atoms. The molecule has 0 fully saturated rings. The maximum atomic E-state index is 11.4. The topological polar surface area (TPSA) is 72.9 Å². The number of amides is 1. The number of nitrogens with two attached hydrogens (primary N) is 1. The van der Waals surface area contributed by atoms with Crippen LogP contribution in [0.15, 0.2) is 28.9 Å². The van der Waals surface area contributed by atoms with Gasteiger partial charge in [-0.25, -0.2) is 5.84 Å². The molecule has 1 aromatic heterocycles. The molecule has 1 heterocycles. The Bertz CT molecular complexity index is 626. The lowest BCUT2D eigenvalue weighted by atomic mass is 10.1. The Hall–Kier alpha value is -1.37. The second-order valence-electron chi connectivity index (χ2n) is 4.02. The van der Waals surface area contributed by atoms with E-state index in [1.807, 2.05) is 13.0 Å². The van der Waals surface area contributed by atoms with Crippen molar-refractivity contribution >= 4 is 33.4 Å². The lowest BCUT2D eigenvalue weighted by Crippen LogP contribution is -2.29. The molecule has 1 amide bonds. The predicted octanol–water partition coefficient (Wildman–Crippen LogP) is 2.26. The molecule has 2 aromatic rings. The minimum atomic E-state index is -0.328. The maximum Gasteiger partial charge on any atom is 0.265 e. The molecular weight excluding hydrogens is 332 g/mol. The van der Waals surface area contributed by atoms with Crippen LogP contribution in [-0.4, -0.2) is 15.7 Å². The number of carbonyl (C=O) groups is 1. The van der Waals surface area contributed by atoms with E-state index in [4.69, 9.17) is 17.4 Å². The summed E-state index contributed by atoms with van der Waals surface area (Å²) in [4.78, 5) is 11.4. The summed E-state index contributed by atoms with van der Waals surface area (Å²) in [5.41, 5.74) is 4.49. The first kappa shape index (κ1) is 14.0. The number of nitrogens with zero attached hydrogens (tertiary/aromatic N) is 2. The molecule has 0 spiro atoms. The fraction of sp³-hybridized carbons (Fsp3) is 0.167. The molecular formula is C12H12BrClN4O. The van der Waals surface area contributed by atoms with Gasteiger partial charge in [-0.05, 0) is 24.6 Å². The molecule has 3 N–H and O–H groups in total. The van der Waals surface area contributed by atoms with Gasteiger partial charge in [-0.2, -0.15) is 5.10 Å². The van der Waals surface area contributed by atoms with Crippen LogP contribution in [0.1, 0.15) is 21.6 Å². The Morgan fingerprint density at radius 3 is 2.84 bits per heavy atom. The van der Waals surface area contributed by atoms with Gasteiger partial charge in [-0.15, -0.1) is 0 Å².